The molecule has 2 N–H and O–H groups in total. The van der Waals surface area contributed by atoms with Crippen LogP contribution in [0.15, 0.2) is 84.9 Å². The Bertz CT molecular complexity index is 1850. The summed E-state index contributed by atoms with van der Waals surface area (Å²) in [6.07, 6.45) is 8.18. The van der Waals surface area contributed by atoms with Gasteiger partial charge >= 0.3 is 0 Å². The SMILES string of the molecule is COc1ccccc1-c1c2nc(cc3ccc([nH]3)c(-c3ccccc3OC)c3nc(cc4ccc1[nH]4)C=C3)C=C2. The number of hydrogen-bond donors (Lipinski definition) is 2. The lowest BCUT2D eigenvalue weighted by atomic mass is 10.0. The molecule has 6 heteroatoms. The van der Waals surface area contributed by atoms with Crippen LogP contribution in [0.4, 0.5) is 0 Å². The van der Waals surface area contributed by atoms with E-state index in [9.17, 15) is 0 Å². The van der Waals surface area contributed by atoms with E-state index < -0.39 is 0 Å². The lowest BCUT2D eigenvalue weighted by molar-refractivity contribution is 0.416. The maximum atomic E-state index is 5.73. The molecule has 0 spiro atoms. The number of methoxy groups -OCH3 is 2. The molecule has 5 aromatic rings. The number of aromatic amines is 2. The van der Waals surface area contributed by atoms with Gasteiger partial charge in [-0.1, -0.05) is 36.4 Å². The Morgan fingerprint density at radius 1 is 0.525 bits per heavy atom. The number of para-hydroxylation sites is 2. The zero-order chi connectivity index (χ0) is 27.1. The Kier molecular flexibility index (Phi) is 5.78. The molecule has 194 valence electrons. The third kappa shape index (κ3) is 4.16. The van der Waals surface area contributed by atoms with E-state index in [0.29, 0.717) is 0 Å². The predicted molar refractivity (Wildman–Crippen MR) is 163 cm³/mol. The molecule has 0 saturated heterocycles. The minimum atomic E-state index is 0.788. The maximum Gasteiger partial charge on any atom is 0.126 e. The van der Waals surface area contributed by atoms with Gasteiger partial charge in [-0.3, -0.25) is 0 Å². The second kappa shape index (κ2) is 9.75. The zero-order valence-electron chi connectivity index (χ0n) is 22.1. The van der Waals surface area contributed by atoms with Gasteiger partial charge in [0.1, 0.15) is 11.5 Å². The fraction of sp³-hybridized carbons (Fsp3) is 0.0588. The lowest BCUT2D eigenvalue weighted by Crippen LogP contribution is -1.91. The summed E-state index contributed by atoms with van der Waals surface area (Å²) in [5.74, 6) is 1.58. The van der Waals surface area contributed by atoms with E-state index in [0.717, 1.165) is 78.6 Å². The molecule has 2 aliphatic heterocycles. The van der Waals surface area contributed by atoms with Crippen molar-refractivity contribution >= 4 is 46.4 Å². The predicted octanol–water partition coefficient (Wildman–Crippen LogP) is 8.01. The molecular formula is C34H26N4O2. The van der Waals surface area contributed by atoms with Crippen LogP contribution in [0.1, 0.15) is 22.8 Å². The van der Waals surface area contributed by atoms with Crippen LogP contribution in [0.3, 0.4) is 0 Å². The minimum Gasteiger partial charge on any atom is -0.496 e. The van der Waals surface area contributed by atoms with Gasteiger partial charge < -0.3 is 19.4 Å². The molecule has 0 fully saturated rings. The highest BCUT2D eigenvalue weighted by Crippen LogP contribution is 2.37. The van der Waals surface area contributed by atoms with Gasteiger partial charge in [0.05, 0.1) is 37.0 Å². The third-order valence-electron chi connectivity index (χ3n) is 7.15. The number of rotatable bonds is 4. The smallest absolute Gasteiger partial charge is 0.126 e. The molecule has 0 saturated carbocycles. The van der Waals surface area contributed by atoms with Crippen LogP contribution in [-0.2, 0) is 0 Å². The fourth-order valence-electron chi connectivity index (χ4n) is 5.34. The van der Waals surface area contributed by atoms with Gasteiger partial charge in [0.15, 0.2) is 0 Å². The number of H-pyrrole nitrogens is 2. The van der Waals surface area contributed by atoms with Crippen LogP contribution in [0.5, 0.6) is 11.5 Å². The molecule has 0 atom stereocenters. The first kappa shape index (κ1) is 23.7. The van der Waals surface area contributed by atoms with E-state index in [1.165, 1.54) is 0 Å². The van der Waals surface area contributed by atoms with E-state index >= 15 is 0 Å². The highest BCUT2D eigenvalue weighted by molar-refractivity contribution is 5.95. The van der Waals surface area contributed by atoms with Gasteiger partial charge in [-0.2, -0.15) is 0 Å². The summed E-state index contributed by atoms with van der Waals surface area (Å²) < 4.78 is 11.5. The summed E-state index contributed by atoms with van der Waals surface area (Å²) in [5.41, 5.74) is 11.1. The summed E-state index contributed by atoms with van der Waals surface area (Å²) in [4.78, 5) is 17.2. The maximum absolute atomic E-state index is 5.73. The molecule has 2 aliphatic rings. The van der Waals surface area contributed by atoms with Crippen LogP contribution in [0.25, 0.3) is 68.6 Å². The number of hydrogen-bond acceptors (Lipinski definition) is 4. The normalized spacial score (nSPS) is 12.1. The Labute approximate surface area is 231 Å². The van der Waals surface area contributed by atoms with Crippen molar-refractivity contribution in [2.75, 3.05) is 14.2 Å². The summed E-state index contributed by atoms with van der Waals surface area (Å²) in [7, 11) is 3.39. The first-order valence-electron chi connectivity index (χ1n) is 13.1. The second-order valence-electron chi connectivity index (χ2n) is 9.60. The van der Waals surface area contributed by atoms with Crippen molar-refractivity contribution in [3.05, 3.63) is 108 Å². The average Bonchev–Trinajstić information content (AvgIpc) is 3.80. The van der Waals surface area contributed by atoms with Crippen LogP contribution < -0.4 is 9.47 Å². The molecule has 0 aliphatic carbocycles. The van der Waals surface area contributed by atoms with Crippen molar-refractivity contribution in [3.63, 3.8) is 0 Å². The van der Waals surface area contributed by atoms with Crippen molar-refractivity contribution in [3.8, 4) is 33.8 Å². The fourth-order valence-corrected chi connectivity index (χ4v) is 5.34. The first-order chi connectivity index (χ1) is 19.7. The molecule has 0 radical (unpaired) electrons. The van der Waals surface area contributed by atoms with Crippen molar-refractivity contribution in [1.82, 2.24) is 19.9 Å². The van der Waals surface area contributed by atoms with E-state index in [4.69, 9.17) is 19.4 Å². The second-order valence-corrected chi connectivity index (χ2v) is 9.60. The van der Waals surface area contributed by atoms with E-state index in [-0.39, 0.29) is 0 Å². The van der Waals surface area contributed by atoms with Gasteiger partial charge in [-0.25, -0.2) is 9.97 Å². The first-order valence-corrected chi connectivity index (χ1v) is 13.1. The number of ether oxygens (including phenoxy) is 2. The van der Waals surface area contributed by atoms with Crippen LogP contribution in [0, 0.1) is 0 Å². The standard InChI is InChI=1S/C34H26N4O2/c1-39-31-9-5-3-7-25(31)33-27-15-11-21(35-27)19-23-13-17-29(37-23)34(26-8-4-6-10-32(26)40-2)30-18-14-24(38-30)20-22-12-16-28(33)36-22/h3-20,35,38H,1-2H3. The van der Waals surface area contributed by atoms with Crippen molar-refractivity contribution in [2.24, 2.45) is 0 Å². The van der Waals surface area contributed by atoms with Gasteiger partial charge in [-0.15, -0.1) is 0 Å². The Morgan fingerprint density at radius 3 is 1.43 bits per heavy atom. The highest BCUT2D eigenvalue weighted by Gasteiger charge is 2.16. The third-order valence-corrected chi connectivity index (χ3v) is 7.15. The minimum absolute atomic E-state index is 0.788. The van der Waals surface area contributed by atoms with Crippen LogP contribution in [-0.4, -0.2) is 34.2 Å². The summed E-state index contributed by atoms with van der Waals surface area (Å²) in [6, 6.07) is 28.4. The molecule has 5 heterocycles. The molecule has 6 nitrogen and oxygen atoms in total. The number of nitrogens with zero attached hydrogens (tertiary/aromatic N) is 2. The number of benzene rings is 2. The zero-order valence-corrected chi connectivity index (χ0v) is 22.1. The molecule has 8 bridgehead atoms. The van der Waals surface area contributed by atoms with Gasteiger partial charge in [0.25, 0.3) is 0 Å². The summed E-state index contributed by atoms with van der Waals surface area (Å²) in [5, 5.41) is 0. The Morgan fingerprint density at radius 2 is 0.975 bits per heavy atom. The van der Waals surface area contributed by atoms with Crippen LogP contribution in [0.2, 0.25) is 0 Å². The monoisotopic (exact) mass is 522 g/mol. The average molecular weight is 523 g/mol. The molecule has 40 heavy (non-hydrogen) atoms. The van der Waals surface area contributed by atoms with E-state index in [1.807, 2.05) is 48.6 Å². The van der Waals surface area contributed by atoms with Crippen molar-refractivity contribution in [2.45, 2.75) is 0 Å². The molecule has 7 rings (SSSR count). The summed E-state index contributed by atoms with van der Waals surface area (Å²) in [6.45, 7) is 0. The molecule has 0 amide bonds. The summed E-state index contributed by atoms with van der Waals surface area (Å²) >= 11 is 0. The number of nitrogens with one attached hydrogen (secondary N) is 2. The largest absolute Gasteiger partial charge is 0.496 e. The van der Waals surface area contributed by atoms with E-state index in [2.05, 4.69) is 70.7 Å². The van der Waals surface area contributed by atoms with Crippen molar-refractivity contribution < 1.29 is 9.47 Å². The van der Waals surface area contributed by atoms with E-state index in [1.54, 1.807) is 14.2 Å². The van der Waals surface area contributed by atoms with Gasteiger partial charge in [-0.05, 0) is 72.8 Å². The lowest BCUT2D eigenvalue weighted by Gasteiger charge is -2.09. The topological polar surface area (TPSA) is 75.8 Å². The molecular weight excluding hydrogens is 496 g/mol. The highest BCUT2D eigenvalue weighted by atomic mass is 16.5. The molecule has 2 aromatic carbocycles. The Hall–Kier alpha value is -5.36. The van der Waals surface area contributed by atoms with Crippen molar-refractivity contribution in [1.29, 1.82) is 0 Å². The molecule has 3 aromatic heterocycles. The van der Waals surface area contributed by atoms with Gasteiger partial charge in [0, 0.05) is 44.3 Å². The number of fused-ring (bicyclic) bond motifs is 8. The Balaban J connectivity index is 1.58. The molecule has 0 unspecified atom stereocenters. The van der Waals surface area contributed by atoms with Gasteiger partial charge in [0.2, 0.25) is 0 Å². The number of aromatic nitrogens is 4. The quantitative estimate of drug-likeness (QED) is 0.246. The van der Waals surface area contributed by atoms with Crippen LogP contribution >= 0.6 is 0 Å².